The van der Waals surface area contributed by atoms with Crippen LogP contribution in [-0.4, -0.2) is 47.3 Å². The third-order valence-corrected chi connectivity index (χ3v) is 3.19. The van der Waals surface area contributed by atoms with Gasteiger partial charge in [-0.1, -0.05) is 0 Å². The van der Waals surface area contributed by atoms with Crippen molar-refractivity contribution >= 4 is 23.6 Å². The maximum Gasteiger partial charge on any atom is 0.394 e. The molecule has 0 aliphatic heterocycles. The summed E-state index contributed by atoms with van der Waals surface area (Å²) in [4.78, 5) is 0. The van der Waals surface area contributed by atoms with Crippen LogP contribution < -0.4 is 0 Å². The molecule has 0 atom stereocenters. The van der Waals surface area contributed by atoms with E-state index in [0.29, 0.717) is 6.54 Å². The molecule has 0 amide bonds. The Morgan fingerprint density at radius 1 is 1.12 bits per heavy atom. The average molecular weight is 282 g/mol. The highest BCUT2D eigenvalue weighted by Gasteiger charge is 2.36. The van der Waals surface area contributed by atoms with Gasteiger partial charge in [0.05, 0.1) is 39.1 Å². The second-order valence-electron chi connectivity index (χ2n) is 5.23. The minimum absolute atomic E-state index is 0.00848. The lowest BCUT2D eigenvalue weighted by Crippen LogP contribution is -2.53. The lowest BCUT2D eigenvalue weighted by atomic mass is 10.1. The third kappa shape index (κ3) is 6.78. The van der Waals surface area contributed by atoms with Gasteiger partial charge in [0.25, 0.3) is 0 Å². The fourth-order valence-electron chi connectivity index (χ4n) is 1.61. The van der Waals surface area contributed by atoms with Crippen molar-refractivity contribution in [3.05, 3.63) is 0 Å². The molecule has 0 unspecified atom stereocenters. The number of nitrogens with zero attached hydrogens (tertiary/aromatic N) is 2. The molecule has 0 aromatic heterocycles. The first kappa shape index (κ1) is 16.3. The Morgan fingerprint density at radius 3 is 1.88 bits per heavy atom. The summed E-state index contributed by atoms with van der Waals surface area (Å²) in [6.07, 6.45) is -4.93. The van der Waals surface area contributed by atoms with E-state index in [4.69, 9.17) is 23.6 Å². The fraction of sp³-hybridized carbons (Fsp3) is 1.00. The lowest BCUT2D eigenvalue weighted by molar-refractivity contribution is -0.895. The van der Waals surface area contributed by atoms with Crippen LogP contribution in [0.2, 0.25) is 0 Å². The molecule has 0 saturated carbocycles. The van der Waals surface area contributed by atoms with E-state index in [0.717, 1.165) is 3.94 Å². The van der Waals surface area contributed by atoms with Gasteiger partial charge in [-0.25, -0.2) is 0 Å². The van der Waals surface area contributed by atoms with Crippen LogP contribution in [0, 0.1) is 0 Å². The Balaban J connectivity index is 4.35. The maximum absolute atomic E-state index is 12.1. The minimum atomic E-state index is -4.12. The molecule has 0 aromatic carbocycles. The van der Waals surface area contributed by atoms with E-state index in [9.17, 15) is 13.2 Å². The van der Waals surface area contributed by atoms with Gasteiger partial charge in [0.15, 0.2) is 0 Å². The van der Waals surface area contributed by atoms with Gasteiger partial charge < -0.3 is 4.48 Å². The number of likely N-dealkylation sites (N-methyl/N-ethyl adjacent to an activating group) is 1. The van der Waals surface area contributed by atoms with Gasteiger partial charge in [-0.15, -0.1) is 3.94 Å². The Labute approximate surface area is 105 Å². The van der Waals surface area contributed by atoms with Crippen molar-refractivity contribution in [3.8, 4) is 0 Å². The van der Waals surface area contributed by atoms with Crippen LogP contribution in [0.1, 0.15) is 20.3 Å². The minimum Gasteiger partial charge on any atom is -0.327 e. The molecular formula is C9H18Cl2F3N2+. The van der Waals surface area contributed by atoms with Crippen LogP contribution in [0.5, 0.6) is 0 Å². The molecule has 0 bridgehead atoms. The zero-order valence-corrected chi connectivity index (χ0v) is 11.4. The van der Waals surface area contributed by atoms with Crippen molar-refractivity contribution in [2.24, 2.45) is 0 Å². The zero-order chi connectivity index (χ0) is 13.2. The predicted molar refractivity (Wildman–Crippen MR) is 60.1 cm³/mol. The van der Waals surface area contributed by atoms with E-state index < -0.39 is 18.1 Å². The summed E-state index contributed by atoms with van der Waals surface area (Å²) in [6, 6.07) is 0. The summed E-state index contributed by atoms with van der Waals surface area (Å²) >= 11 is 11.3. The van der Waals surface area contributed by atoms with Gasteiger partial charge in [0.2, 0.25) is 0 Å². The monoisotopic (exact) mass is 281 g/mol. The van der Waals surface area contributed by atoms with Crippen molar-refractivity contribution in [2.45, 2.75) is 32.0 Å². The Kier molecular flexibility index (Phi) is 5.39. The zero-order valence-electron chi connectivity index (χ0n) is 9.91. The Hall–Kier alpha value is 0.290. The van der Waals surface area contributed by atoms with E-state index in [1.165, 1.54) is 0 Å². The van der Waals surface area contributed by atoms with Gasteiger partial charge in [0, 0.05) is 0 Å². The van der Waals surface area contributed by atoms with E-state index >= 15 is 0 Å². The number of hydrogen-bond acceptors (Lipinski definition) is 1. The van der Waals surface area contributed by atoms with Gasteiger partial charge in [-0.3, -0.25) is 0 Å². The smallest absolute Gasteiger partial charge is 0.327 e. The summed E-state index contributed by atoms with van der Waals surface area (Å²) in [5.74, 6) is 0. The third-order valence-electron chi connectivity index (χ3n) is 2.27. The molecule has 0 aliphatic rings. The molecular weight excluding hydrogens is 264 g/mol. The maximum atomic E-state index is 12.1. The van der Waals surface area contributed by atoms with Crippen LogP contribution in [0.3, 0.4) is 0 Å². The molecule has 0 fully saturated rings. The van der Waals surface area contributed by atoms with Crippen molar-refractivity contribution in [1.29, 1.82) is 0 Å². The highest BCUT2D eigenvalue weighted by molar-refractivity contribution is 6.34. The number of rotatable bonds is 5. The lowest BCUT2D eigenvalue weighted by Gasteiger charge is -2.38. The Bertz CT molecular complexity index is 227. The molecule has 0 aromatic rings. The molecule has 7 heteroatoms. The molecule has 0 aliphatic carbocycles. The van der Waals surface area contributed by atoms with Gasteiger partial charge >= 0.3 is 6.18 Å². The molecule has 0 N–H and O–H groups in total. The van der Waals surface area contributed by atoms with Crippen molar-refractivity contribution in [1.82, 2.24) is 3.94 Å². The van der Waals surface area contributed by atoms with Crippen LogP contribution in [0.25, 0.3) is 0 Å². The van der Waals surface area contributed by atoms with Crippen LogP contribution in [0.4, 0.5) is 13.2 Å². The molecule has 0 heterocycles. The molecule has 2 nitrogen and oxygen atoms in total. The normalized spacial score (nSPS) is 14.6. The van der Waals surface area contributed by atoms with E-state index in [1.54, 1.807) is 27.9 Å². The number of halogens is 5. The van der Waals surface area contributed by atoms with Crippen LogP contribution >= 0.6 is 23.6 Å². The average Bonchev–Trinajstić information content (AvgIpc) is 1.97. The quantitative estimate of drug-likeness (QED) is 0.552. The van der Waals surface area contributed by atoms with Gasteiger partial charge in [0.1, 0.15) is 0 Å². The highest BCUT2D eigenvalue weighted by Crippen LogP contribution is 2.25. The summed E-state index contributed by atoms with van der Waals surface area (Å²) in [5.41, 5.74) is -0.571. The van der Waals surface area contributed by atoms with Crippen molar-refractivity contribution < 1.29 is 17.7 Å². The molecule has 0 rings (SSSR count). The molecule has 0 saturated heterocycles. The summed E-state index contributed by atoms with van der Waals surface area (Å²) < 4.78 is 37.5. The van der Waals surface area contributed by atoms with Crippen molar-refractivity contribution in [3.63, 3.8) is 0 Å². The van der Waals surface area contributed by atoms with E-state index in [1.807, 2.05) is 0 Å². The van der Waals surface area contributed by atoms with Gasteiger partial charge in [-0.2, -0.15) is 13.2 Å². The molecule has 0 radical (unpaired) electrons. The van der Waals surface area contributed by atoms with E-state index in [-0.39, 0.29) is 11.0 Å². The first-order chi connectivity index (χ1) is 6.86. The standard InChI is InChI=1S/C9H18Cl2F3N2/c1-8(2,15(10)11)7-16(3,4)6-5-9(12,13)14/h5-7H2,1-4H3/q+1. The number of quaternary nitrogens is 1. The fourth-order valence-corrected chi connectivity index (χ4v) is 1.72. The second kappa shape index (κ2) is 5.29. The van der Waals surface area contributed by atoms with Crippen LogP contribution in [-0.2, 0) is 0 Å². The predicted octanol–water partition coefficient (Wildman–Crippen LogP) is 3.40. The number of hydrogen-bond donors (Lipinski definition) is 0. The van der Waals surface area contributed by atoms with Crippen LogP contribution in [0.15, 0.2) is 0 Å². The highest BCUT2D eigenvalue weighted by atomic mass is 35.5. The summed E-state index contributed by atoms with van der Waals surface area (Å²) in [6.45, 7) is 3.99. The molecule has 0 spiro atoms. The first-order valence-corrected chi connectivity index (χ1v) is 5.54. The first-order valence-electron chi connectivity index (χ1n) is 4.86. The summed E-state index contributed by atoms with van der Waals surface area (Å²) in [7, 11) is 3.45. The SMILES string of the molecule is CC(C)(C[N+](C)(C)CCC(F)(F)F)N(Cl)Cl. The Morgan fingerprint density at radius 2 is 1.56 bits per heavy atom. The van der Waals surface area contributed by atoms with Crippen molar-refractivity contribution in [2.75, 3.05) is 27.2 Å². The largest absolute Gasteiger partial charge is 0.394 e. The number of alkyl halides is 3. The molecule has 16 heavy (non-hydrogen) atoms. The second-order valence-corrected chi connectivity index (χ2v) is 6.08. The van der Waals surface area contributed by atoms with E-state index in [2.05, 4.69) is 0 Å². The summed E-state index contributed by atoms with van der Waals surface area (Å²) in [5, 5.41) is 0. The topological polar surface area (TPSA) is 3.24 Å². The molecule has 98 valence electrons. The van der Waals surface area contributed by atoms with Gasteiger partial charge in [-0.05, 0) is 37.4 Å².